The van der Waals surface area contributed by atoms with Crippen molar-refractivity contribution in [2.45, 2.75) is 124 Å². The third kappa shape index (κ3) is 17.5. The van der Waals surface area contributed by atoms with E-state index in [2.05, 4.69) is 6.58 Å². The Bertz CT molecular complexity index is 3490. The molecule has 10 rings (SSSR count). The van der Waals surface area contributed by atoms with Gasteiger partial charge in [-0.2, -0.15) is 0 Å². The molecule has 0 spiro atoms. The van der Waals surface area contributed by atoms with Gasteiger partial charge in [0.2, 0.25) is 0 Å². The van der Waals surface area contributed by atoms with Gasteiger partial charge < -0.3 is 75.8 Å². The summed E-state index contributed by atoms with van der Waals surface area (Å²) in [5.74, 6) is -5.29. The fraction of sp³-hybridized carbons (Fsp3) is 0.357. The fourth-order valence-electron chi connectivity index (χ4n) is 10.9. The first kappa shape index (κ1) is 68.1. The highest BCUT2D eigenvalue weighted by molar-refractivity contribution is 8.00. The fourth-order valence-corrected chi connectivity index (χ4v) is 12.6. The second kappa shape index (κ2) is 32.8. The van der Waals surface area contributed by atoms with Gasteiger partial charge in [0, 0.05) is 26.3 Å². The van der Waals surface area contributed by atoms with Crippen LogP contribution in [0.15, 0.2) is 189 Å². The van der Waals surface area contributed by atoms with Gasteiger partial charge in [0.05, 0.1) is 54.4 Å². The van der Waals surface area contributed by atoms with Crippen LogP contribution < -0.4 is 4.74 Å². The minimum Gasteiger partial charge on any atom is -0.497 e. The van der Waals surface area contributed by atoms with Gasteiger partial charge in [-0.15, -0.1) is 18.3 Å². The van der Waals surface area contributed by atoms with Crippen molar-refractivity contribution < 1.29 is 109 Å². The third-order valence-electron chi connectivity index (χ3n) is 15.3. The van der Waals surface area contributed by atoms with Crippen molar-refractivity contribution in [3.05, 3.63) is 222 Å². The van der Waals surface area contributed by atoms with Gasteiger partial charge in [-0.1, -0.05) is 121 Å². The van der Waals surface area contributed by atoms with Gasteiger partial charge in [-0.25, -0.2) is 19.2 Å². The first-order chi connectivity index (χ1) is 45.6. The average molecular weight is 1310 g/mol. The summed E-state index contributed by atoms with van der Waals surface area (Å²) < 4.78 is 103. The molecule has 0 N–H and O–H groups in total. The summed E-state index contributed by atoms with van der Waals surface area (Å²) in [7, 11) is 1.52. The molecule has 0 aromatic heterocycles. The van der Waals surface area contributed by atoms with Crippen molar-refractivity contribution in [1.29, 1.82) is 0 Å². The quantitative estimate of drug-likeness (QED) is 0.0295. The number of hydrogen-bond donors (Lipinski definition) is 0. The van der Waals surface area contributed by atoms with Crippen LogP contribution in [0.4, 0.5) is 0 Å². The molecule has 1 unspecified atom stereocenters. The number of esters is 7. The lowest BCUT2D eigenvalue weighted by Crippen LogP contribution is -2.67. The molecule has 16 atom stereocenters. The standard InChI is InChI=1S/C70H70O23S/c1-6-36-79-68-59(90-65(76)47-26-16-9-17-27-47)57(89-64(75)46-24-14-8-15-25-46)55(51(86-68)39-82-63(74)45-22-12-7-13-23-45)92-69-61(91-66(77)48-28-18-10-19-29-48)62(56-53(87-69)40-83-67(93-56)49-30-20-11-21-31-49)94-70-60(81-37-44-32-34-50(78-5)35-33-44)58(85-43(4)73)54(84-42(3)72)52(88-70)38-80-41(2)71/h6-35,51-62,67-70H,1,36-40H2,2-5H3/t51-,52-,53-,54+,55-,56+,57+,58+,59-,60-,61-,62+,67?,68-,69+,70-/m1/s1. The van der Waals surface area contributed by atoms with E-state index in [1.807, 2.05) is 6.07 Å². The van der Waals surface area contributed by atoms with Gasteiger partial charge >= 0.3 is 41.8 Å². The average Bonchev–Trinajstić information content (AvgIpc) is 0.762. The molecule has 4 aliphatic rings. The highest BCUT2D eigenvalue weighted by Gasteiger charge is 2.60. The summed E-state index contributed by atoms with van der Waals surface area (Å²) in [5, 5.41) is -1.28. The lowest BCUT2D eigenvalue weighted by molar-refractivity contribution is -0.366. The van der Waals surface area contributed by atoms with E-state index < -0.39 is 152 Å². The number of benzene rings is 6. The molecular formula is C70H70O23S. The van der Waals surface area contributed by atoms with Gasteiger partial charge in [0.1, 0.15) is 61.0 Å². The third-order valence-corrected chi connectivity index (χ3v) is 16.8. The van der Waals surface area contributed by atoms with Crippen molar-refractivity contribution in [3.8, 4) is 5.75 Å². The summed E-state index contributed by atoms with van der Waals surface area (Å²) in [6, 6.07) is 47.9. The number of methoxy groups -OCH3 is 1. The van der Waals surface area contributed by atoms with Gasteiger partial charge in [-0.3, -0.25) is 14.4 Å². The molecule has 24 heteroatoms. The van der Waals surface area contributed by atoms with Crippen LogP contribution in [0.5, 0.6) is 5.75 Å². The topological polar surface area (TPSA) is 267 Å². The maximum absolute atomic E-state index is 15.1. The predicted molar refractivity (Wildman–Crippen MR) is 331 cm³/mol. The van der Waals surface area contributed by atoms with Crippen LogP contribution in [0, 0.1) is 0 Å². The Morgan fingerprint density at radius 3 is 1.53 bits per heavy atom. The highest BCUT2D eigenvalue weighted by Crippen LogP contribution is 2.46. The number of carbonyl (C=O) groups is 7. The maximum Gasteiger partial charge on any atom is 0.338 e. The SMILES string of the molecule is C=CCO[C@@H]1O[C@H](COC(=O)c2ccccc2)[C@@H](O[C@@H]2O[C@@H]3COC(c4ccccc4)O[C@@H]3[C@H](S[C@H]3O[C@H](COC(C)=O)[C@H](OC(C)=O)[C@H](OC(C)=O)[C@H]3OCc3ccc(OC)cc3)[C@H]2OC(=O)c2ccccc2)[C@H](OC(=O)c2ccccc2)[C@H]1OC(=O)c1ccccc1. The summed E-state index contributed by atoms with van der Waals surface area (Å²) in [6.45, 7) is 5.53. The van der Waals surface area contributed by atoms with E-state index in [0.29, 0.717) is 16.9 Å². The predicted octanol–water partition coefficient (Wildman–Crippen LogP) is 8.52. The number of thioether (sulfide) groups is 1. The Morgan fingerprint density at radius 1 is 0.489 bits per heavy atom. The van der Waals surface area contributed by atoms with E-state index in [9.17, 15) is 28.8 Å². The molecule has 4 saturated heterocycles. The van der Waals surface area contributed by atoms with E-state index >= 15 is 4.79 Å². The highest BCUT2D eigenvalue weighted by atomic mass is 32.2. The molecule has 494 valence electrons. The molecule has 4 heterocycles. The Kier molecular flexibility index (Phi) is 23.8. The minimum absolute atomic E-state index is 0.0649. The molecule has 23 nitrogen and oxygen atoms in total. The first-order valence-corrected chi connectivity index (χ1v) is 31.1. The van der Waals surface area contributed by atoms with Crippen LogP contribution in [-0.2, 0) is 92.0 Å². The van der Waals surface area contributed by atoms with Crippen molar-refractivity contribution in [1.82, 2.24) is 0 Å². The second-order valence-electron chi connectivity index (χ2n) is 21.9. The Balaban J connectivity index is 1.14. The summed E-state index contributed by atoms with van der Waals surface area (Å²) in [6.07, 6.45) is -19.6. The molecule has 0 radical (unpaired) electrons. The van der Waals surface area contributed by atoms with Crippen LogP contribution in [0.25, 0.3) is 0 Å². The summed E-state index contributed by atoms with van der Waals surface area (Å²) in [4.78, 5) is 97.3. The van der Waals surface area contributed by atoms with Crippen LogP contribution in [0.2, 0.25) is 0 Å². The molecule has 6 aromatic carbocycles. The van der Waals surface area contributed by atoms with E-state index in [1.165, 1.54) is 68.6 Å². The normalized spacial score (nSPS) is 27.1. The van der Waals surface area contributed by atoms with E-state index in [-0.39, 0.29) is 42.1 Å². The molecule has 94 heavy (non-hydrogen) atoms. The zero-order valence-corrected chi connectivity index (χ0v) is 52.4. The maximum atomic E-state index is 15.1. The molecule has 0 amide bonds. The summed E-state index contributed by atoms with van der Waals surface area (Å²) in [5.41, 5.74) is 0.234. The second-order valence-corrected chi connectivity index (χ2v) is 23.2. The van der Waals surface area contributed by atoms with Crippen molar-refractivity contribution in [2.24, 2.45) is 0 Å². The lowest BCUT2D eigenvalue weighted by atomic mass is 9.96. The smallest absolute Gasteiger partial charge is 0.338 e. The number of ether oxygens (including phenoxy) is 16. The zero-order chi connectivity index (χ0) is 66.1. The molecule has 6 aromatic rings. The summed E-state index contributed by atoms with van der Waals surface area (Å²) >= 11 is 0.970. The molecule has 4 aliphatic heterocycles. The van der Waals surface area contributed by atoms with Crippen molar-refractivity contribution in [3.63, 3.8) is 0 Å². The van der Waals surface area contributed by atoms with E-state index in [0.717, 1.165) is 25.6 Å². The monoisotopic (exact) mass is 1310 g/mol. The first-order valence-electron chi connectivity index (χ1n) is 30.2. The van der Waals surface area contributed by atoms with Crippen molar-refractivity contribution in [2.75, 3.05) is 33.5 Å². The molecule has 4 fully saturated rings. The number of fused-ring (bicyclic) bond motifs is 1. The molecule has 0 bridgehead atoms. The molecule has 0 aliphatic carbocycles. The number of carbonyl (C=O) groups excluding carboxylic acids is 7. The van der Waals surface area contributed by atoms with E-state index in [4.69, 9.17) is 75.8 Å². The minimum atomic E-state index is -1.83. The largest absolute Gasteiger partial charge is 0.497 e. The van der Waals surface area contributed by atoms with Crippen LogP contribution in [0.1, 0.15) is 79.6 Å². The Morgan fingerprint density at radius 2 is 0.989 bits per heavy atom. The van der Waals surface area contributed by atoms with Crippen LogP contribution in [0.3, 0.4) is 0 Å². The zero-order valence-electron chi connectivity index (χ0n) is 51.6. The van der Waals surface area contributed by atoms with Gasteiger partial charge in [0.15, 0.2) is 49.4 Å². The molecule has 0 saturated carbocycles. The van der Waals surface area contributed by atoms with E-state index in [1.54, 1.807) is 121 Å². The van der Waals surface area contributed by atoms with Crippen LogP contribution >= 0.6 is 11.8 Å². The number of hydrogen-bond acceptors (Lipinski definition) is 24. The molecular weight excluding hydrogens is 1240 g/mol. The Labute approximate surface area is 545 Å². The van der Waals surface area contributed by atoms with Gasteiger partial charge in [-0.05, 0) is 66.2 Å². The van der Waals surface area contributed by atoms with Crippen LogP contribution in [-0.4, -0.2) is 166 Å². The number of rotatable bonds is 25. The van der Waals surface area contributed by atoms with Gasteiger partial charge in [0.25, 0.3) is 0 Å². The van der Waals surface area contributed by atoms with Crippen molar-refractivity contribution >= 4 is 53.5 Å². The Hall–Kier alpha value is -8.82. The lowest BCUT2D eigenvalue weighted by Gasteiger charge is -2.52.